The lowest BCUT2D eigenvalue weighted by Gasteiger charge is -2.20. The van der Waals surface area contributed by atoms with Crippen LogP contribution in [0.4, 0.5) is 0 Å². The Hall–Kier alpha value is -0.910. The van der Waals surface area contributed by atoms with E-state index in [-0.39, 0.29) is 0 Å². The average Bonchev–Trinajstić information content (AvgIpc) is 2.84. The van der Waals surface area contributed by atoms with Gasteiger partial charge in [0.1, 0.15) is 5.65 Å². The quantitative estimate of drug-likeness (QED) is 0.739. The number of unbranched alkanes of at least 4 members (excludes halogenated alkanes) is 1. The number of nitrogens with zero attached hydrogens (tertiary/aromatic N) is 3. The Kier molecular flexibility index (Phi) is 6.21. The Morgan fingerprint density at radius 1 is 1.38 bits per heavy atom. The monoisotopic (exact) mass is 352 g/mol. The zero-order valence-corrected chi connectivity index (χ0v) is 14.7. The molecule has 2 aromatic rings. The van der Waals surface area contributed by atoms with Crippen LogP contribution in [0.5, 0.6) is 0 Å². The van der Waals surface area contributed by atoms with Crippen molar-refractivity contribution in [3.63, 3.8) is 0 Å². The van der Waals surface area contributed by atoms with E-state index < -0.39 is 0 Å². The van der Waals surface area contributed by atoms with Gasteiger partial charge in [0.2, 0.25) is 0 Å². The minimum Gasteiger partial charge on any atom is -0.311 e. The Labute approximate surface area is 135 Å². The fourth-order valence-corrected chi connectivity index (χ4v) is 2.55. The number of halogens is 1. The lowest BCUT2D eigenvalue weighted by molar-refractivity contribution is 0.268. The molecule has 2 aromatic heterocycles. The summed E-state index contributed by atoms with van der Waals surface area (Å²) >= 11 is 3.47. The Bertz CT molecular complexity index is 564. The molecule has 0 saturated carbocycles. The van der Waals surface area contributed by atoms with E-state index in [1.165, 1.54) is 25.1 Å². The first-order valence-corrected chi connectivity index (χ1v) is 8.39. The molecule has 0 amide bonds. The molecule has 0 aromatic carbocycles. The van der Waals surface area contributed by atoms with Crippen molar-refractivity contribution in [2.75, 3.05) is 20.1 Å². The van der Waals surface area contributed by atoms with E-state index in [2.05, 4.69) is 62.6 Å². The predicted molar refractivity (Wildman–Crippen MR) is 91.6 cm³/mol. The van der Waals surface area contributed by atoms with Gasteiger partial charge in [0.05, 0.1) is 11.9 Å². The van der Waals surface area contributed by atoms with Crippen LogP contribution in [0.1, 0.15) is 32.4 Å². The fraction of sp³-hybridized carbons (Fsp3) is 0.562. The maximum atomic E-state index is 4.42. The highest BCUT2D eigenvalue weighted by molar-refractivity contribution is 9.10. The summed E-state index contributed by atoms with van der Waals surface area (Å²) in [6.45, 7) is 7.56. The Balaban J connectivity index is 1.71. The number of fused-ring (bicyclic) bond motifs is 1. The van der Waals surface area contributed by atoms with Crippen molar-refractivity contribution in [3.8, 4) is 0 Å². The van der Waals surface area contributed by atoms with Crippen molar-refractivity contribution in [1.29, 1.82) is 0 Å². The molecule has 0 atom stereocenters. The molecule has 5 heteroatoms. The van der Waals surface area contributed by atoms with Gasteiger partial charge in [0.15, 0.2) is 0 Å². The molecule has 0 saturated heterocycles. The van der Waals surface area contributed by atoms with Crippen LogP contribution in [0.2, 0.25) is 0 Å². The van der Waals surface area contributed by atoms with Gasteiger partial charge in [-0.2, -0.15) is 0 Å². The maximum Gasteiger partial charge on any atom is 0.138 e. The molecule has 1 N–H and O–H groups in total. The van der Waals surface area contributed by atoms with Gasteiger partial charge < -0.3 is 14.6 Å². The zero-order chi connectivity index (χ0) is 15.2. The van der Waals surface area contributed by atoms with Crippen molar-refractivity contribution in [2.45, 2.75) is 39.3 Å². The van der Waals surface area contributed by atoms with Gasteiger partial charge in [-0.15, -0.1) is 0 Å². The van der Waals surface area contributed by atoms with E-state index in [0.717, 1.165) is 23.2 Å². The lowest BCUT2D eigenvalue weighted by atomic mass is 10.2. The molecule has 0 radical (unpaired) electrons. The first-order chi connectivity index (χ1) is 10.1. The van der Waals surface area contributed by atoms with Gasteiger partial charge in [0.25, 0.3) is 0 Å². The molecule has 116 valence electrons. The van der Waals surface area contributed by atoms with Crippen LogP contribution >= 0.6 is 15.9 Å². The summed E-state index contributed by atoms with van der Waals surface area (Å²) in [6.07, 6.45) is 6.45. The number of hydrogen-bond donors (Lipinski definition) is 1. The standard InChI is InChI=1S/C16H25BrN4/c1-13(2)20(3)8-5-4-7-18-11-15-12-19-16-10-14(17)6-9-21(15)16/h6,9-10,12-13,18H,4-5,7-8,11H2,1-3H3. The van der Waals surface area contributed by atoms with Gasteiger partial charge in [0, 0.05) is 23.3 Å². The number of rotatable bonds is 8. The molecule has 0 fully saturated rings. The molecule has 0 aliphatic rings. The van der Waals surface area contributed by atoms with Crippen molar-refractivity contribution in [2.24, 2.45) is 0 Å². The SMILES string of the molecule is CC(C)N(C)CCCCNCc1cnc2cc(Br)ccn12. The Morgan fingerprint density at radius 2 is 2.19 bits per heavy atom. The smallest absolute Gasteiger partial charge is 0.138 e. The third kappa shape index (κ3) is 4.80. The van der Waals surface area contributed by atoms with Gasteiger partial charge >= 0.3 is 0 Å². The molecule has 0 bridgehead atoms. The summed E-state index contributed by atoms with van der Waals surface area (Å²) in [6, 6.07) is 4.71. The van der Waals surface area contributed by atoms with Crippen molar-refractivity contribution in [3.05, 3.63) is 34.7 Å². The first-order valence-electron chi connectivity index (χ1n) is 7.60. The number of pyridine rings is 1. The van der Waals surface area contributed by atoms with E-state index in [1.807, 2.05) is 18.3 Å². The highest BCUT2D eigenvalue weighted by atomic mass is 79.9. The van der Waals surface area contributed by atoms with Gasteiger partial charge in [-0.05, 0) is 59.0 Å². The van der Waals surface area contributed by atoms with Crippen molar-refractivity contribution in [1.82, 2.24) is 19.6 Å². The summed E-state index contributed by atoms with van der Waals surface area (Å²) < 4.78 is 3.19. The normalized spacial score (nSPS) is 11.9. The third-order valence-corrected chi connectivity index (χ3v) is 4.35. The molecule has 4 nitrogen and oxygen atoms in total. The molecule has 2 rings (SSSR count). The second-order valence-corrected chi connectivity index (χ2v) is 6.70. The van der Waals surface area contributed by atoms with Gasteiger partial charge in [-0.25, -0.2) is 4.98 Å². The first kappa shape index (κ1) is 16.5. The molecular weight excluding hydrogens is 328 g/mol. The van der Waals surface area contributed by atoms with E-state index in [9.17, 15) is 0 Å². The van der Waals surface area contributed by atoms with Crippen LogP contribution in [0.15, 0.2) is 29.0 Å². The summed E-state index contributed by atoms with van der Waals surface area (Å²) in [5.74, 6) is 0. The highest BCUT2D eigenvalue weighted by Crippen LogP contribution is 2.13. The number of imidazole rings is 1. The molecule has 2 heterocycles. The maximum absolute atomic E-state index is 4.42. The second kappa shape index (κ2) is 7.92. The van der Waals surface area contributed by atoms with Crippen LogP contribution in [-0.4, -0.2) is 40.5 Å². The van der Waals surface area contributed by atoms with Crippen LogP contribution in [0, 0.1) is 0 Å². The van der Waals surface area contributed by atoms with E-state index in [0.29, 0.717) is 6.04 Å². The summed E-state index contributed by atoms with van der Waals surface area (Å²) in [5, 5.41) is 3.51. The topological polar surface area (TPSA) is 32.6 Å². The van der Waals surface area contributed by atoms with Crippen molar-refractivity contribution >= 4 is 21.6 Å². The minimum absolute atomic E-state index is 0.635. The average molecular weight is 353 g/mol. The molecular formula is C16H25BrN4. The molecule has 0 aliphatic carbocycles. The number of aromatic nitrogens is 2. The minimum atomic E-state index is 0.635. The fourth-order valence-electron chi connectivity index (χ4n) is 2.22. The van der Waals surface area contributed by atoms with E-state index in [1.54, 1.807) is 0 Å². The lowest BCUT2D eigenvalue weighted by Crippen LogP contribution is -2.27. The van der Waals surface area contributed by atoms with Crippen LogP contribution in [0.3, 0.4) is 0 Å². The molecule has 0 aliphatic heterocycles. The van der Waals surface area contributed by atoms with Gasteiger partial charge in [-0.3, -0.25) is 0 Å². The summed E-state index contributed by atoms with van der Waals surface area (Å²) in [4.78, 5) is 6.81. The summed E-state index contributed by atoms with van der Waals surface area (Å²) in [7, 11) is 2.19. The molecule has 0 unspecified atom stereocenters. The Morgan fingerprint density at radius 3 is 2.95 bits per heavy atom. The molecule has 0 spiro atoms. The van der Waals surface area contributed by atoms with Crippen LogP contribution in [0.25, 0.3) is 5.65 Å². The van der Waals surface area contributed by atoms with Crippen molar-refractivity contribution < 1.29 is 0 Å². The third-order valence-electron chi connectivity index (χ3n) is 3.85. The van der Waals surface area contributed by atoms with E-state index >= 15 is 0 Å². The van der Waals surface area contributed by atoms with Gasteiger partial charge in [-0.1, -0.05) is 15.9 Å². The molecule has 21 heavy (non-hydrogen) atoms. The van der Waals surface area contributed by atoms with E-state index in [4.69, 9.17) is 0 Å². The predicted octanol–water partition coefficient (Wildman–Crippen LogP) is 3.31. The summed E-state index contributed by atoms with van der Waals surface area (Å²) in [5.41, 5.74) is 2.19. The number of hydrogen-bond acceptors (Lipinski definition) is 3. The number of nitrogens with one attached hydrogen (secondary N) is 1. The zero-order valence-electron chi connectivity index (χ0n) is 13.1. The largest absolute Gasteiger partial charge is 0.311 e. The highest BCUT2D eigenvalue weighted by Gasteiger charge is 2.04. The van der Waals surface area contributed by atoms with Crippen LogP contribution < -0.4 is 5.32 Å². The van der Waals surface area contributed by atoms with Crippen LogP contribution in [-0.2, 0) is 6.54 Å². The second-order valence-electron chi connectivity index (χ2n) is 5.78.